The summed E-state index contributed by atoms with van der Waals surface area (Å²) in [6.45, 7) is 1.24. The Labute approximate surface area is 170 Å². The van der Waals surface area contributed by atoms with Gasteiger partial charge in [0.25, 0.3) is 5.91 Å². The smallest absolute Gasteiger partial charge is 0.254 e. The maximum Gasteiger partial charge on any atom is 0.254 e. The van der Waals surface area contributed by atoms with Gasteiger partial charge in [0.2, 0.25) is 10.0 Å². The number of carbonyl (C=O) groups is 1. The number of fused-ring (bicyclic) bond motifs is 1. The zero-order valence-corrected chi connectivity index (χ0v) is 16.9. The number of piperazine rings is 1. The van der Waals surface area contributed by atoms with Crippen LogP contribution in [0.3, 0.4) is 0 Å². The Hall–Kier alpha value is -2.90. The Kier molecular flexibility index (Phi) is 5.25. The van der Waals surface area contributed by atoms with E-state index in [0.29, 0.717) is 24.4 Å². The highest BCUT2D eigenvalue weighted by molar-refractivity contribution is 7.89. The summed E-state index contributed by atoms with van der Waals surface area (Å²) in [7, 11) is -2.05. The molecule has 0 aliphatic carbocycles. The van der Waals surface area contributed by atoms with E-state index in [1.54, 1.807) is 48.4 Å². The van der Waals surface area contributed by atoms with Crippen LogP contribution in [0.15, 0.2) is 71.6 Å². The molecule has 0 bridgehead atoms. The maximum absolute atomic E-state index is 13.1. The first-order valence-electron chi connectivity index (χ1n) is 9.41. The molecule has 0 unspecified atom stereocenters. The van der Waals surface area contributed by atoms with E-state index in [9.17, 15) is 13.2 Å². The molecule has 0 spiro atoms. The molecule has 1 fully saturated rings. The number of rotatable bonds is 4. The molecule has 1 heterocycles. The third-order valence-corrected chi connectivity index (χ3v) is 7.10. The Balaban J connectivity index is 1.48. The van der Waals surface area contributed by atoms with Crippen molar-refractivity contribution in [2.75, 3.05) is 33.3 Å². The minimum atomic E-state index is -3.60. The van der Waals surface area contributed by atoms with Crippen LogP contribution in [-0.4, -0.2) is 56.8 Å². The number of sulfonamides is 1. The molecule has 1 amide bonds. The first-order valence-corrected chi connectivity index (χ1v) is 10.9. The second kappa shape index (κ2) is 7.85. The summed E-state index contributed by atoms with van der Waals surface area (Å²) in [6.07, 6.45) is 0. The fourth-order valence-corrected chi connectivity index (χ4v) is 5.01. The van der Waals surface area contributed by atoms with Crippen molar-refractivity contribution in [1.29, 1.82) is 0 Å². The molecule has 0 saturated carbocycles. The molecule has 7 heteroatoms. The Bertz CT molecular complexity index is 1150. The number of carbonyl (C=O) groups excluding carboxylic acids is 1. The zero-order chi connectivity index (χ0) is 20.4. The number of hydrogen-bond donors (Lipinski definition) is 0. The molecule has 150 valence electrons. The average molecular weight is 410 g/mol. The van der Waals surface area contributed by atoms with Crippen molar-refractivity contribution in [2.45, 2.75) is 4.90 Å². The van der Waals surface area contributed by atoms with Crippen LogP contribution in [0.5, 0.6) is 5.75 Å². The summed E-state index contributed by atoms with van der Waals surface area (Å²) in [5, 5.41) is 1.89. The van der Waals surface area contributed by atoms with Crippen molar-refractivity contribution in [3.63, 3.8) is 0 Å². The van der Waals surface area contributed by atoms with Crippen LogP contribution in [0, 0.1) is 0 Å². The quantitative estimate of drug-likeness (QED) is 0.663. The summed E-state index contributed by atoms with van der Waals surface area (Å²) < 4.78 is 32.8. The van der Waals surface area contributed by atoms with Crippen LogP contribution in [0.1, 0.15) is 10.4 Å². The van der Waals surface area contributed by atoms with Crippen molar-refractivity contribution in [3.05, 3.63) is 72.3 Å². The lowest BCUT2D eigenvalue weighted by molar-refractivity contribution is 0.0697. The largest absolute Gasteiger partial charge is 0.497 e. The van der Waals surface area contributed by atoms with E-state index in [1.165, 1.54) is 4.31 Å². The van der Waals surface area contributed by atoms with Gasteiger partial charge in [0, 0.05) is 31.7 Å². The summed E-state index contributed by atoms with van der Waals surface area (Å²) in [5.74, 6) is 0.500. The number of nitrogens with zero attached hydrogens (tertiary/aromatic N) is 2. The van der Waals surface area contributed by atoms with Gasteiger partial charge in [0.1, 0.15) is 5.75 Å². The highest BCUT2D eigenvalue weighted by Gasteiger charge is 2.30. The van der Waals surface area contributed by atoms with Crippen molar-refractivity contribution in [3.8, 4) is 5.75 Å². The molecule has 1 saturated heterocycles. The van der Waals surface area contributed by atoms with Gasteiger partial charge in [-0.05, 0) is 41.1 Å². The molecule has 0 aromatic heterocycles. The van der Waals surface area contributed by atoms with Gasteiger partial charge in [-0.3, -0.25) is 4.79 Å². The number of hydrogen-bond acceptors (Lipinski definition) is 4. The van der Waals surface area contributed by atoms with E-state index in [4.69, 9.17) is 4.74 Å². The van der Waals surface area contributed by atoms with Crippen molar-refractivity contribution in [1.82, 2.24) is 9.21 Å². The second-order valence-electron chi connectivity index (χ2n) is 6.94. The van der Waals surface area contributed by atoms with Crippen LogP contribution < -0.4 is 4.74 Å². The molecule has 29 heavy (non-hydrogen) atoms. The summed E-state index contributed by atoms with van der Waals surface area (Å²) in [6, 6.07) is 19.8. The van der Waals surface area contributed by atoms with Crippen molar-refractivity contribution < 1.29 is 17.9 Å². The van der Waals surface area contributed by atoms with E-state index >= 15 is 0 Å². The van der Waals surface area contributed by atoms with Crippen molar-refractivity contribution in [2.24, 2.45) is 0 Å². The van der Waals surface area contributed by atoms with E-state index in [0.717, 1.165) is 10.8 Å². The predicted octanol–water partition coefficient (Wildman–Crippen LogP) is 3.00. The number of methoxy groups -OCH3 is 1. The zero-order valence-electron chi connectivity index (χ0n) is 16.1. The molecule has 6 nitrogen and oxygen atoms in total. The lowest BCUT2D eigenvalue weighted by atomic mass is 10.1. The van der Waals surface area contributed by atoms with Crippen LogP contribution in [0.2, 0.25) is 0 Å². The van der Waals surface area contributed by atoms with Crippen LogP contribution in [0.25, 0.3) is 10.8 Å². The van der Waals surface area contributed by atoms with Gasteiger partial charge < -0.3 is 9.64 Å². The molecule has 1 aliphatic rings. The van der Waals surface area contributed by atoms with Crippen LogP contribution in [0.4, 0.5) is 0 Å². The normalized spacial score (nSPS) is 15.4. The minimum absolute atomic E-state index is 0.119. The molecular formula is C22H22N2O4S. The van der Waals surface area contributed by atoms with Gasteiger partial charge in [-0.25, -0.2) is 8.42 Å². The number of benzene rings is 3. The summed E-state index contributed by atoms with van der Waals surface area (Å²) in [4.78, 5) is 14.7. The minimum Gasteiger partial charge on any atom is -0.497 e. The van der Waals surface area contributed by atoms with Crippen LogP contribution >= 0.6 is 0 Å². The number of ether oxygens (including phenoxy) is 1. The SMILES string of the molecule is COc1cccc(C(=O)N2CCN(S(=O)(=O)c3ccc4ccccc4c3)CC2)c1. The highest BCUT2D eigenvalue weighted by Crippen LogP contribution is 2.23. The van der Waals surface area contributed by atoms with Gasteiger partial charge >= 0.3 is 0 Å². The summed E-state index contributed by atoms with van der Waals surface area (Å²) >= 11 is 0. The monoisotopic (exact) mass is 410 g/mol. The molecule has 0 atom stereocenters. The van der Waals surface area contributed by atoms with Crippen molar-refractivity contribution >= 4 is 26.7 Å². The fourth-order valence-electron chi connectivity index (χ4n) is 3.55. The van der Waals surface area contributed by atoms with E-state index in [-0.39, 0.29) is 23.9 Å². The molecule has 0 radical (unpaired) electrons. The Morgan fingerprint density at radius 2 is 1.59 bits per heavy atom. The Morgan fingerprint density at radius 3 is 2.31 bits per heavy atom. The van der Waals surface area contributed by atoms with Gasteiger partial charge in [0.15, 0.2) is 0 Å². The van der Waals surface area contributed by atoms with Gasteiger partial charge in [-0.1, -0.05) is 36.4 Å². The first-order chi connectivity index (χ1) is 14.0. The third kappa shape index (κ3) is 3.83. The third-order valence-electron chi connectivity index (χ3n) is 5.20. The second-order valence-corrected chi connectivity index (χ2v) is 8.88. The first kappa shape index (κ1) is 19.4. The van der Waals surface area contributed by atoms with E-state index in [2.05, 4.69) is 0 Å². The Morgan fingerprint density at radius 1 is 0.862 bits per heavy atom. The molecule has 3 aromatic carbocycles. The summed E-state index contributed by atoms with van der Waals surface area (Å²) in [5.41, 5.74) is 0.537. The van der Waals surface area contributed by atoms with E-state index < -0.39 is 10.0 Å². The topological polar surface area (TPSA) is 66.9 Å². The maximum atomic E-state index is 13.1. The van der Waals surface area contributed by atoms with Gasteiger partial charge in [-0.15, -0.1) is 0 Å². The fraction of sp³-hybridized carbons (Fsp3) is 0.227. The van der Waals surface area contributed by atoms with Gasteiger partial charge in [-0.2, -0.15) is 4.31 Å². The standard InChI is InChI=1S/C22H22N2O4S/c1-28-20-8-4-7-19(15-20)22(25)23-11-13-24(14-12-23)29(26,27)21-10-9-17-5-2-3-6-18(17)16-21/h2-10,15-16H,11-14H2,1H3. The molecular weight excluding hydrogens is 388 g/mol. The average Bonchev–Trinajstić information content (AvgIpc) is 2.78. The van der Waals surface area contributed by atoms with Gasteiger partial charge in [0.05, 0.1) is 12.0 Å². The molecule has 4 rings (SSSR count). The molecule has 1 aliphatic heterocycles. The van der Waals surface area contributed by atoms with Crippen LogP contribution in [-0.2, 0) is 10.0 Å². The molecule has 0 N–H and O–H groups in total. The highest BCUT2D eigenvalue weighted by atomic mass is 32.2. The lowest BCUT2D eigenvalue weighted by Crippen LogP contribution is -2.50. The molecule has 3 aromatic rings. The predicted molar refractivity (Wildman–Crippen MR) is 112 cm³/mol. The lowest BCUT2D eigenvalue weighted by Gasteiger charge is -2.34. The number of amides is 1. The van der Waals surface area contributed by atoms with E-state index in [1.807, 2.05) is 30.3 Å².